The number of hydrogen-bond acceptors (Lipinski definition) is 6. The Labute approximate surface area is 272 Å². The van der Waals surface area contributed by atoms with Gasteiger partial charge >= 0.3 is 11.9 Å². The minimum atomic E-state index is -1.13. The maximum absolute atomic E-state index is 12.4. The number of aliphatic carboxylic acids is 2. The first kappa shape index (κ1) is 35.1. The van der Waals surface area contributed by atoms with Crippen LogP contribution in [-0.4, -0.2) is 76.1 Å². The molecule has 2 aromatic rings. The molecule has 0 spiro atoms. The van der Waals surface area contributed by atoms with Gasteiger partial charge in [-0.05, 0) is 92.2 Å². The van der Waals surface area contributed by atoms with Crippen LogP contribution in [0.15, 0.2) is 33.0 Å². The maximum atomic E-state index is 12.4. The molecule has 2 aliphatic rings. The first-order valence-electron chi connectivity index (χ1n) is 15.5. The summed E-state index contributed by atoms with van der Waals surface area (Å²) < 4.78 is 10.6. The van der Waals surface area contributed by atoms with Gasteiger partial charge in [-0.3, -0.25) is 9.59 Å². The number of rotatable bonds is 13. The quantitative estimate of drug-likeness (QED) is 0.220. The van der Waals surface area contributed by atoms with Crippen molar-refractivity contribution in [3.63, 3.8) is 0 Å². The van der Waals surface area contributed by atoms with Crippen molar-refractivity contribution in [2.45, 2.75) is 79.4 Å². The number of ether oxygens (including phenoxy) is 2. The summed E-state index contributed by atoms with van der Waals surface area (Å²) >= 11 is 0. The topological polar surface area (TPSA) is 183 Å². The van der Waals surface area contributed by atoms with Crippen molar-refractivity contribution in [3.05, 3.63) is 72.3 Å². The lowest BCUT2D eigenvalue weighted by molar-refractivity contribution is -0.149. The van der Waals surface area contributed by atoms with E-state index < -0.39 is 24.1 Å². The molecule has 2 amide bonds. The van der Waals surface area contributed by atoms with Crippen molar-refractivity contribution in [2.75, 3.05) is 14.2 Å². The lowest BCUT2D eigenvalue weighted by atomic mass is 10.00. The van der Waals surface area contributed by atoms with Gasteiger partial charge in [0.25, 0.3) is 11.8 Å². The van der Waals surface area contributed by atoms with Gasteiger partial charge in [0.2, 0.25) is 0 Å². The number of nitrogens with zero attached hydrogens (tertiary/aromatic N) is 1. The number of hydrogen-bond donors (Lipinski definition) is 5. The standard InChI is InChI=1S/C35H42N4O8/c1-9-20-18(5)32(40)38-26(20)13-24-16(3)22(11-30(46-7)34(42)43)28(36-24)15-29-23(12-31(47-8)35(44)45)17(4)25(37-29)14-27-21(10-2)19(6)33(41)39-27/h13-15,30-31,36-37H,9-12H2,1-8H3,(H,38,40)(H,42,43)(H,44,45)/b25-14+,26-13-,29-15-. The molecule has 2 atom stereocenters. The fourth-order valence-corrected chi connectivity index (χ4v) is 6.11. The minimum absolute atomic E-state index is 0.0342. The fourth-order valence-electron chi connectivity index (χ4n) is 6.11. The molecule has 0 saturated heterocycles. The first-order valence-corrected chi connectivity index (χ1v) is 15.5. The summed E-state index contributed by atoms with van der Waals surface area (Å²) in [5.74, 6) is -2.69. The van der Waals surface area contributed by atoms with Crippen LogP contribution in [0.2, 0.25) is 0 Å². The lowest BCUT2D eigenvalue weighted by Crippen LogP contribution is -2.27. The average molecular weight is 647 g/mol. The summed E-state index contributed by atoms with van der Waals surface area (Å²) in [5, 5.41) is 23.8. The van der Waals surface area contributed by atoms with Crippen LogP contribution in [0.1, 0.15) is 74.2 Å². The largest absolute Gasteiger partial charge is 0.479 e. The van der Waals surface area contributed by atoms with Gasteiger partial charge < -0.3 is 35.0 Å². The van der Waals surface area contributed by atoms with Crippen LogP contribution in [0.3, 0.4) is 0 Å². The summed E-state index contributed by atoms with van der Waals surface area (Å²) in [5.41, 5.74) is 8.30. The van der Waals surface area contributed by atoms with Gasteiger partial charge in [0.15, 0.2) is 12.2 Å². The highest BCUT2D eigenvalue weighted by molar-refractivity contribution is 6.30. The summed E-state index contributed by atoms with van der Waals surface area (Å²) in [7, 11) is 2.67. The zero-order valence-electron chi connectivity index (χ0n) is 28.0. The molecule has 0 aromatic carbocycles. The minimum Gasteiger partial charge on any atom is -0.479 e. The van der Waals surface area contributed by atoms with Crippen molar-refractivity contribution in [3.8, 4) is 0 Å². The van der Waals surface area contributed by atoms with Crippen LogP contribution in [0.5, 0.6) is 0 Å². The highest BCUT2D eigenvalue weighted by Crippen LogP contribution is 2.29. The van der Waals surface area contributed by atoms with E-state index >= 15 is 0 Å². The Kier molecular flexibility index (Phi) is 10.7. The van der Waals surface area contributed by atoms with E-state index in [0.717, 1.165) is 22.3 Å². The van der Waals surface area contributed by atoms with E-state index in [-0.39, 0.29) is 24.7 Å². The van der Waals surface area contributed by atoms with Crippen molar-refractivity contribution in [2.24, 2.45) is 4.99 Å². The molecular weight excluding hydrogens is 604 g/mol. The number of amides is 2. The molecule has 47 heavy (non-hydrogen) atoms. The highest BCUT2D eigenvalue weighted by atomic mass is 16.5. The molecule has 2 aromatic heterocycles. The molecular formula is C35H42N4O8. The number of carboxylic acids is 2. The van der Waals surface area contributed by atoms with E-state index in [1.807, 2.05) is 39.8 Å². The average Bonchev–Trinajstić information content (AvgIpc) is 3.67. The molecule has 12 nitrogen and oxygen atoms in total. The van der Waals surface area contributed by atoms with E-state index in [2.05, 4.69) is 20.3 Å². The smallest absolute Gasteiger partial charge is 0.333 e. The Hall–Kier alpha value is -4.81. The van der Waals surface area contributed by atoms with E-state index in [0.29, 0.717) is 68.6 Å². The Balaban J connectivity index is 1.99. The molecule has 2 unspecified atom stereocenters. The Morgan fingerprint density at radius 1 is 0.766 bits per heavy atom. The summed E-state index contributed by atoms with van der Waals surface area (Å²) in [6, 6.07) is 0. The van der Waals surface area contributed by atoms with Crippen LogP contribution < -0.4 is 16.0 Å². The Bertz CT molecular complexity index is 1900. The number of methoxy groups -OCH3 is 2. The number of aromatic amines is 2. The molecule has 0 bridgehead atoms. The second-order valence-corrected chi connectivity index (χ2v) is 11.7. The van der Waals surface area contributed by atoms with Crippen LogP contribution in [0.25, 0.3) is 18.2 Å². The van der Waals surface area contributed by atoms with E-state index in [4.69, 9.17) is 9.47 Å². The Morgan fingerprint density at radius 2 is 1.36 bits per heavy atom. The van der Waals surface area contributed by atoms with Crippen molar-refractivity contribution < 1.29 is 38.9 Å². The predicted octanol–water partition coefficient (Wildman–Crippen LogP) is 2.76. The van der Waals surface area contributed by atoms with E-state index in [1.54, 1.807) is 19.9 Å². The zero-order chi connectivity index (χ0) is 34.7. The second-order valence-electron chi connectivity index (χ2n) is 11.7. The number of aliphatic imine (C=N–C) groups is 1. The van der Waals surface area contributed by atoms with E-state index in [9.17, 15) is 29.4 Å². The van der Waals surface area contributed by atoms with Gasteiger partial charge in [0, 0.05) is 66.0 Å². The summed E-state index contributed by atoms with van der Waals surface area (Å²) in [4.78, 5) is 59.9. The van der Waals surface area contributed by atoms with Crippen LogP contribution in [0, 0.1) is 13.8 Å². The predicted molar refractivity (Wildman–Crippen MR) is 177 cm³/mol. The molecule has 0 aliphatic carbocycles. The number of nitrogens with one attached hydrogen (secondary N) is 3. The number of carbonyl (C=O) groups excluding carboxylic acids is 2. The number of carbonyl (C=O) groups is 4. The van der Waals surface area contributed by atoms with Crippen molar-refractivity contribution in [1.29, 1.82) is 0 Å². The molecule has 4 rings (SSSR count). The highest BCUT2D eigenvalue weighted by Gasteiger charge is 2.27. The van der Waals surface area contributed by atoms with Gasteiger partial charge in [-0.25, -0.2) is 14.6 Å². The molecule has 12 heteroatoms. The maximum Gasteiger partial charge on any atom is 0.333 e. The number of aromatic nitrogens is 2. The molecule has 0 saturated carbocycles. The number of allylic oxidation sites excluding steroid dienone is 2. The van der Waals surface area contributed by atoms with Crippen molar-refractivity contribution in [1.82, 2.24) is 15.3 Å². The monoisotopic (exact) mass is 646 g/mol. The van der Waals surface area contributed by atoms with Crippen LogP contribution >= 0.6 is 0 Å². The molecule has 0 fully saturated rings. The van der Waals surface area contributed by atoms with Gasteiger partial charge in [-0.15, -0.1) is 0 Å². The summed E-state index contributed by atoms with van der Waals surface area (Å²) in [6.07, 6.45) is 4.52. The third-order valence-electron chi connectivity index (χ3n) is 9.04. The first-order chi connectivity index (χ1) is 22.3. The van der Waals surface area contributed by atoms with Crippen LogP contribution in [-0.2, 0) is 41.5 Å². The second kappa shape index (κ2) is 14.3. The fraction of sp³-hybridized carbons (Fsp3) is 0.400. The number of carboxylic acid groups (broad SMARTS) is 2. The molecule has 4 heterocycles. The molecule has 2 aliphatic heterocycles. The molecule has 0 radical (unpaired) electrons. The molecule has 5 N–H and O–H groups in total. The third kappa shape index (κ3) is 6.98. The van der Waals surface area contributed by atoms with Gasteiger partial charge in [0.05, 0.1) is 5.71 Å². The van der Waals surface area contributed by atoms with E-state index in [1.165, 1.54) is 14.2 Å². The normalized spacial score (nSPS) is 18.1. The lowest BCUT2D eigenvalue weighted by Gasteiger charge is -2.12. The SMILES string of the molecule is CCC1=C(C)C(=O)N=C1/C=c1/[nH]/c(=C\c2[nH]c(/C=C3\NC(=O)C(C)=C3CC)c(C)c2CC(OC)C(=O)O)c(CC(OC)C(=O)O)c1C. The Morgan fingerprint density at radius 3 is 1.91 bits per heavy atom. The van der Waals surface area contributed by atoms with Gasteiger partial charge in [-0.2, -0.15) is 0 Å². The van der Waals surface area contributed by atoms with Crippen LogP contribution in [0.4, 0.5) is 0 Å². The molecule has 250 valence electrons. The number of H-pyrrole nitrogens is 2. The van der Waals surface area contributed by atoms with Gasteiger partial charge in [-0.1, -0.05) is 13.8 Å². The zero-order valence-corrected chi connectivity index (χ0v) is 28.0. The summed E-state index contributed by atoms with van der Waals surface area (Å²) in [6.45, 7) is 11.2. The third-order valence-corrected chi connectivity index (χ3v) is 9.04. The van der Waals surface area contributed by atoms with Gasteiger partial charge in [0.1, 0.15) is 0 Å². The van der Waals surface area contributed by atoms with Crippen molar-refractivity contribution >= 4 is 47.7 Å².